The lowest BCUT2D eigenvalue weighted by Crippen LogP contribution is -2.46. The summed E-state index contributed by atoms with van der Waals surface area (Å²) in [6.45, 7) is 7.02. The van der Waals surface area contributed by atoms with Crippen LogP contribution in [0.1, 0.15) is 65.7 Å². The number of hydrazine groups is 1. The minimum atomic E-state index is 0.455. The Bertz CT molecular complexity index is 173. The molecule has 0 spiro atoms. The van der Waals surface area contributed by atoms with Gasteiger partial charge < -0.3 is 0 Å². The Balaban J connectivity index is 2.47. The number of hydrogen-bond acceptors (Lipinski definition) is 2. The third-order valence-corrected chi connectivity index (χ3v) is 4.21. The van der Waals surface area contributed by atoms with Gasteiger partial charge in [-0.05, 0) is 30.6 Å². The van der Waals surface area contributed by atoms with Crippen molar-refractivity contribution in [3.05, 3.63) is 0 Å². The highest BCUT2D eigenvalue weighted by molar-refractivity contribution is 4.91. The van der Waals surface area contributed by atoms with Crippen molar-refractivity contribution in [2.75, 3.05) is 0 Å². The first-order valence-corrected chi connectivity index (χ1v) is 6.58. The molecule has 0 radical (unpaired) electrons. The van der Waals surface area contributed by atoms with Crippen LogP contribution >= 0.6 is 0 Å². The molecule has 3 N–H and O–H groups in total. The van der Waals surface area contributed by atoms with Crippen LogP contribution in [0.4, 0.5) is 0 Å². The van der Waals surface area contributed by atoms with Crippen LogP contribution in [-0.2, 0) is 0 Å². The van der Waals surface area contributed by atoms with Crippen LogP contribution in [0, 0.1) is 11.3 Å². The molecule has 15 heavy (non-hydrogen) atoms. The molecule has 90 valence electrons. The highest BCUT2D eigenvalue weighted by Gasteiger charge is 2.36. The highest BCUT2D eigenvalue weighted by atomic mass is 15.2. The van der Waals surface area contributed by atoms with Gasteiger partial charge in [0.1, 0.15) is 0 Å². The van der Waals surface area contributed by atoms with E-state index in [1.807, 2.05) is 0 Å². The van der Waals surface area contributed by atoms with Gasteiger partial charge in [-0.2, -0.15) is 0 Å². The molecular formula is C13H28N2. The molecule has 2 heteroatoms. The summed E-state index contributed by atoms with van der Waals surface area (Å²) in [5.74, 6) is 6.53. The first-order chi connectivity index (χ1) is 7.12. The molecule has 1 fully saturated rings. The average Bonchev–Trinajstić information content (AvgIpc) is 2.63. The second-order valence-corrected chi connectivity index (χ2v) is 5.71. The van der Waals surface area contributed by atoms with E-state index < -0.39 is 0 Å². The van der Waals surface area contributed by atoms with Crippen LogP contribution in [-0.4, -0.2) is 6.04 Å². The summed E-state index contributed by atoms with van der Waals surface area (Å²) in [4.78, 5) is 0. The van der Waals surface area contributed by atoms with Gasteiger partial charge in [0.25, 0.3) is 0 Å². The molecule has 0 aromatic heterocycles. The fraction of sp³-hybridized carbons (Fsp3) is 1.00. The fourth-order valence-electron chi connectivity index (χ4n) is 3.10. The van der Waals surface area contributed by atoms with Crippen molar-refractivity contribution in [3.8, 4) is 0 Å². The van der Waals surface area contributed by atoms with Gasteiger partial charge in [0.15, 0.2) is 0 Å². The van der Waals surface area contributed by atoms with Gasteiger partial charge in [0, 0.05) is 6.04 Å². The van der Waals surface area contributed by atoms with Crippen LogP contribution in [0.25, 0.3) is 0 Å². The molecule has 2 atom stereocenters. The van der Waals surface area contributed by atoms with Gasteiger partial charge >= 0.3 is 0 Å². The molecule has 0 bridgehead atoms. The molecule has 0 aromatic rings. The SMILES string of the molecule is CCCC(C)CC(NN)C1(C)CCCC1. The molecule has 0 heterocycles. The molecule has 2 unspecified atom stereocenters. The molecule has 0 saturated heterocycles. The largest absolute Gasteiger partial charge is 0.271 e. The minimum Gasteiger partial charge on any atom is -0.271 e. The van der Waals surface area contributed by atoms with Gasteiger partial charge in [-0.3, -0.25) is 11.3 Å². The van der Waals surface area contributed by atoms with E-state index >= 15 is 0 Å². The summed E-state index contributed by atoms with van der Waals surface area (Å²) in [5, 5.41) is 0. The molecule has 0 amide bonds. The molecule has 1 aliphatic rings. The van der Waals surface area contributed by atoms with Crippen molar-refractivity contribution in [1.82, 2.24) is 5.43 Å². The Morgan fingerprint density at radius 2 is 1.93 bits per heavy atom. The van der Waals surface area contributed by atoms with E-state index in [0.29, 0.717) is 11.5 Å². The van der Waals surface area contributed by atoms with Gasteiger partial charge in [0.05, 0.1) is 0 Å². The van der Waals surface area contributed by atoms with Crippen LogP contribution < -0.4 is 11.3 Å². The molecule has 0 aliphatic heterocycles. The van der Waals surface area contributed by atoms with Crippen molar-refractivity contribution in [1.29, 1.82) is 0 Å². The molecule has 1 aliphatic carbocycles. The second-order valence-electron chi connectivity index (χ2n) is 5.71. The van der Waals surface area contributed by atoms with E-state index in [2.05, 4.69) is 26.2 Å². The average molecular weight is 212 g/mol. The predicted octanol–water partition coefficient (Wildman–Crippen LogP) is 3.22. The van der Waals surface area contributed by atoms with Crippen LogP contribution in [0.15, 0.2) is 0 Å². The van der Waals surface area contributed by atoms with Crippen LogP contribution in [0.3, 0.4) is 0 Å². The topological polar surface area (TPSA) is 38.0 Å². The second kappa shape index (κ2) is 5.86. The van der Waals surface area contributed by atoms with E-state index in [9.17, 15) is 0 Å². The summed E-state index contributed by atoms with van der Waals surface area (Å²) in [7, 11) is 0. The van der Waals surface area contributed by atoms with Gasteiger partial charge in [-0.15, -0.1) is 0 Å². The summed E-state index contributed by atoms with van der Waals surface area (Å²) in [6, 6.07) is 0.515. The Labute approximate surface area is 95.0 Å². The van der Waals surface area contributed by atoms with Gasteiger partial charge in [0.2, 0.25) is 0 Å². The zero-order chi connectivity index (χ0) is 11.3. The molecule has 1 rings (SSSR count). The minimum absolute atomic E-state index is 0.455. The van der Waals surface area contributed by atoms with E-state index in [0.717, 1.165) is 5.92 Å². The number of hydrogen-bond donors (Lipinski definition) is 2. The monoisotopic (exact) mass is 212 g/mol. The Kier molecular flexibility index (Phi) is 5.07. The first-order valence-electron chi connectivity index (χ1n) is 6.58. The van der Waals surface area contributed by atoms with E-state index in [-0.39, 0.29) is 0 Å². The third-order valence-electron chi connectivity index (χ3n) is 4.21. The van der Waals surface area contributed by atoms with Crippen molar-refractivity contribution in [2.24, 2.45) is 17.2 Å². The summed E-state index contributed by atoms with van der Waals surface area (Å²) >= 11 is 0. The van der Waals surface area contributed by atoms with Crippen molar-refractivity contribution in [3.63, 3.8) is 0 Å². The van der Waals surface area contributed by atoms with E-state index in [1.54, 1.807) is 0 Å². The van der Waals surface area contributed by atoms with Crippen LogP contribution in [0.5, 0.6) is 0 Å². The number of nitrogens with two attached hydrogens (primary N) is 1. The standard InChI is InChI=1S/C13H28N2/c1-4-7-11(2)10-12(15-14)13(3)8-5-6-9-13/h11-12,15H,4-10,14H2,1-3H3. The molecular weight excluding hydrogens is 184 g/mol. The van der Waals surface area contributed by atoms with Crippen LogP contribution in [0.2, 0.25) is 0 Å². The Hall–Kier alpha value is -0.0800. The lowest BCUT2D eigenvalue weighted by Gasteiger charge is -2.35. The normalized spacial score (nSPS) is 24.0. The zero-order valence-corrected chi connectivity index (χ0v) is 10.7. The maximum Gasteiger partial charge on any atom is 0.0266 e. The predicted molar refractivity (Wildman–Crippen MR) is 66.4 cm³/mol. The maximum absolute atomic E-state index is 5.73. The lowest BCUT2D eigenvalue weighted by molar-refractivity contribution is 0.189. The third kappa shape index (κ3) is 3.46. The van der Waals surface area contributed by atoms with Gasteiger partial charge in [-0.1, -0.05) is 46.5 Å². The van der Waals surface area contributed by atoms with E-state index in [1.165, 1.54) is 44.9 Å². The molecule has 0 aromatic carbocycles. The zero-order valence-electron chi connectivity index (χ0n) is 10.7. The number of rotatable bonds is 6. The lowest BCUT2D eigenvalue weighted by atomic mass is 9.76. The smallest absolute Gasteiger partial charge is 0.0266 e. The van der Waals surface area contributed by atoms with Crippen molar-refractivity contribution < 1.29 is 0 Å². The fourth-order valence-corrected chi connectivity index (χ4v) is 3.10. The summed E-state index contributed by atoms with van der Waals surface area (Å²) in [6.07, 6.45) is 9.32. The van der Waals surface area contributed by atoms with Crippen molar-refractivity contribution in [2.45, 2.75) is 71.8 Å². The maximum atomic E-state index is 5.73. The highest BCUT2D eigenvalue weighted by Crippen LogP contribution is 2.42. The Morgan fingerprint density at radius 1 is 1.33 bits per heavy atom. The molecule has 1 saturated carbocycles. The van der Waals surface area contributed by atoms with Gasteiger partial charge in [-0.25, -0.2) is 0 Å². The molecule has 2 nitrogen and oxygen atoms in total. The Morgan fingerprint density at radius 3 is 2.40 bits per heavy atom. The summed E-state index contributed by atoms with van der Waals surface area (Å²) < 4.78 is 0. The number of nitrogens with one attached hydrogen (secondary N) is 1. The quantitative estimate of drug-likeness (QED) is 0.524. The van der Waals surface area contributed by atoms with Crippen molar-refractivity contribution >= 4 is 0 Å². The summed E-state index contributed by atoms with van der Waals surface area (Å²) in [5.41, 5.74) is 3.53. The first kappa shape index (κ1) is 13.0. The van der Waals surface area contributed by atoms with E-state index in [4.69, 9.17) is 5.84 Å².